The second-order valence-electron chi connectivity index (χ2n) is 7.63. The predicted octanol–water partition coefficient (Wildman–Crippen LogP) is 3.52. The van der Waals surface area contributed by atoms with Crippen LogP contribution in [-0.2, 0) is 10.0 Å². The Bertz CT molecular complexity index is 1360. The van der Waals surface area contributed by atoms with Crippen LogP contribution in [-0.4, -0.2) is 49.6 Å². The van der Waals surface area contributed by atoms with Crippen LogP contribution in [0.2, 0.25) is 0 Å². The van der Waals surface area contributed by atoms with E-state index in [1.165, 1.54) is 0 Å². The summed E-state index contributed by atoms with van der Waals surface area (Å²) < 4.78 is 30.9. The number of rotatable bonds is 9. The average molecular weight is 492 g/mol. The number of aromatic nitrogens is 1. The lowest BCUT2D eigenvalue weighted by atomic mass is 10.1. The van der Waals surface area contributed by atoms with Crippen molar-refractivity contribution in [2.75, 3.05) is 30.7 Å². The summed E-state index contributed by atoms with van der Waals surface area (Å²) in [6, 6.07) is 17.7. The third-order valence-corrected chi connectivity index (χ3v) is 5.62. The fourth-order valence-electron chi connectivity index (χ4n) is 3.58. The van der Waals surface area contributed by atoms with Crippen molar-refractivity contribution in [3.8, 4) is 11.5 Å². The molecule has 3 aromatic carbocycles. The molecule has 0 saturated heterocycles. The van der Waals surface area contributed by atoms with Crippen LogP contribution in [0.4, 0.5) is 5.69 Å². The molecule has 1 aromatic heterocycles. The minimum atomic E-state index is -3.37. The zero-order valence-electron chi connectivity index (χ0n) is 17.9. The molecule has 0 bridgehead atoms. The fraction of sp³-hybridized carbons (Fsp3) is 0.217. The van der Waals surface area contributed by atoms with Crippen molar-refractivity contribution in [3.63, 3.8) is 0 Å². The van der Waals surface area contributed by atoms with Gasteiger partial charge < -0.3 is 25.3 Å². The molecule has 0 saturated carbocycles. The first kappa shape index (κ1) is 24.7. The second-order valence-corrected chi connectivity index (χ2v) is 9.38. The first-order valence-corrected chi connectivity index (χ1v) is 12.0. The fourth-order valence-corrected chi connectivity index (χ4v) is 4.14. The van der Waals surface area contributed by atoms with Crippen LogP contribution in [0, 0.1) is 0 Å². The molecule has 176 valence electrons. The van der Waals surface area contributed by atoms with E-state index in [1.54, 1.807) is 36.4 Å². The van der Waals surface area contributed by atoms with E-state index in [2.05, 4.69) is 15.0 Å². The summed E-state index contributed by atoms with van der Waals surface area (Å²) in [6.07, 6.45) is 0.300. The topological polar surface area (TPSA) is 124 Å². The van der Waals surface area contributed by atoms with Crippen molar-refractivity contribution in [2.24, 2.45) is 0 Å². The van der Waals surface area contributed by atoms with E-state index in [1.807, 2.05) is 24.3 Å². The number of aliphatic hydroxyl groups excluding tert-OH is 1. The molecule has 0 radical (unpaired) electrons. The highest BCUT2D eigenvalue weighted by atomic mass is 35.5. The summed E-state index contributed by atoms with van der Waals surface area (Å²) in [5.74, 6) is 0.945. The van der Waals surface area contributed by atoms with Crippen molar-refractivity contribution in [1.82, 2.24) is 10.3 Å². The Hall–Kier alpha value is -2.98. The number of fused-ring (bicyclic) bond motifs is 3. The van der Waals surface area contributed by atoms with Crippen LogP contribution < -0.4 is 14.8 Å². The Morgan fingerprint density at radius 3 is 2.64 bits per heavy atom. The molecule has 4 rings (SSSR count). The molecule has 0 aliphatic carbocycles. The number of phenols is 1. The second kappa shape index (κ2) is 10.3. The maximum Gasteiger partial charge on any atom is 0.229 e. The summed E-state index contributed by atoms with van der Waals surface area (Å²) >= 11 is 0. The number of sulfonamides is 1. The maximum absolute atomic E-state index is 11.4. The first-order valence-electron chi connectivity index (χ1n) is 10.1. The van der Waals surface area contributed by atoms with E-state index in [0.717, 1.165) is 33.8 Å². The maximum atomic E-state index is 11.4. The van der Waals surface area contributed by atoms with Gasteiger partial charge in [-0.25, -0.2) is 8.42 Å². The van der Waals surface area contributed by atoms with Gasteiger partial charge in [0.05, 0.1) is 17.9 Å². The Morgan fingerprint density at radius 1 is 1.03 bits per heavy atom. The van der Waals surface area contributed by atoms with Crippen molar-refractivity contribution >= 4 is 49.9 Å². The number of anilines is 1. The number of benzene rings is 3. The Kier molecular flexibility index (Phi) is 7.70. The number of aromatic hydroxyl groups is 1. The van der Waals surface area contributed by atoms with Crippen molar-refractivity contribution in [3.05, 3.63) is 66.2 Å². The molecular formula is C23H26ClN3O5S. The van der Waals surface area contributed by atoms with E-state index in [4.69, 9.17) is 4.74 Å². The van der Waals surface area contributed by atoms with E-state index >= 15 is 0 Å². The summed E-state index contributed by atoms with van der Waals surface area (Å²) in [5, 5.41) is 25.2. The normalized spacial score (nSPS) is 12.4. The van der Waals surface area contributed by atoms with E-state index in [0.29, 0.717) is 30.9 Å². The average Bonchev–Trinajstić information content (AvgIpc) is 3.09. The summed E-state index contributed by atoms with van der Waals surface area (Å²) in [5.41, 5.74) is 2.90. The number of halogens is 1. The largest absolute Gasteiger partial charge is 0.508 e. The van der Waals surface area contributed by atoms with Crippen molar-refractivity contribution in [1.29, 1.82) is 0 Å². The van der Waals surface area contributed by atoms with Gasteiger partial charge in [-0.05, 0) is 48.0 Å². The molecule has 0 aliphatic rings. The van der Waals surface area contributed by atoms with E-state index in [-0.39, 0.29) is 18.2 Å². The quantitative estimate of drug-likeness (QED) is 0.228. The molecule has 1 heterocycles. The molecule has 0 amide bonds. The number of nitrogens with one attached hydrogen (secondary N) is 3. The SMILES string of the molecule is CS(=O)(=O)Nc1cccc([C@@H](O)CNCCOc2ccc3c(c2)[nH]c2ccc(O)cc23)c1.Cl. The number of H-pyrrole nitrogens is 1. The molecule has 0 aliphatic heterocycles. The van der Waals surface area contributed by atoms with Gasteiger partial charge in [-0.15, -0.1) is 12.4 Å². The Labute approximate surface area is 198 Å². The molecule has 0 unspecified atom stereocenters. The van der Waals surface area contributed by atoms with Gasteiger partial charge in [0.15, 0.2) is 0 Å². The zero-order chi connectivity index (χ0) is 22.7. The van der Waals surface area contributed by atoms with Gasteiger partial charge in [0.25, 0.3) is 0 Å². The van der Waals surface area contributed by atoms with Crippen LogP contribution in [0.5, 0.6) is 11.5 Å². The predicted molar refractivity (Wildman–Crippen MR) is 133 cm³/mol. The molecule has 4 aromatic rings. The van der Waals surface area contributed by atoms with Gasteiger partial charge in [0.1, 0.15) is 18.1 Å². The highest BCUT2D eigenvalue weighted by Crippen LogP contribution is 2.30. The third-order valence-electron chi connectivity index (χ3n) is 5.01. The summed E-state index contributed by atoms with van der Waals surface area (Å²) in [7, 11) is -3.37. The van der Waals surface area contributed by atoms with Crippen LogP contribution in [0.25, 0.3) is 21.8 Å². The number of aromatic amines is 1. The lowest BCUT2D eigenvalue weighted by Crippen LogP contribution is -2.26. The summed E-state index contributed by atoms with van der Waals surface area (Å²) in [4.78, 5) is 3.32. The van der Waals surface area contributed by atoms with Crippen LogP contribution in [0.15, 0.2) is 60.7 Å². The molecule has 10 heteroatoms. The first-order chi connectivity index (χ1) is 15.3. The number of hydrogen-bond donors (Lipinski definition) is 5. The smallest absolute Gasteiger partial charge is 0.229 e. The molecule has 1 atom stereocenters. The highest BCUT2D eigenvalue weighted by Gasteiger charge is 2.10. The van der Waals surface area contributed by atoms with Gasteiger partial charge in [-0.2, -0.15) is 0 Å². The molecule has 0 spiro atoms. The van der Waals surface area contributed by atoms with Crippen molar-refractivity contribution < 1.29 is 23.4 Å². The minimum absolute atomic E-state index is 0. The van der Waals surface area contributed by atoms with Gasteiger partial charge >= 0.3 is 0 Å². The van der Waals surface area contributed by atoms with Crippen LogP contribution >= 0.6 is 12.4 Å². The molecular weight excluding hydrogens is 466 g/mol. The van der Waals surface area contributed by atoms with Gasteiger partial charge in [-0.1, -0.05) is 12.1 Å². The van der Waals surface area contributed by atoms with Crippen LogP contribution in [0.3, 0.4) is 0 Å². The molecule has 8 nitrogen and oxygen atoms in total. The number of phenolic OH excluding ortho intramolecular Hbond substituents is 1. The lowest BCUT2D eigenvalue weighted by Gasteiger charge is -2.14. The third kappa shape index (κ3) is 6.29. The number of ether oxygens (including phenoxy) is 1. The molecule has 0 fully saturated rings. The Morgan fingerprint density at radius 2 is 1.85 bits per heavy atom. The van der Waals surface area contributed by atoms with Gasteiger partial charge in [0, 0.05) is 41.1 Å². The van der Waals surface area contributed by atoms with E-state index < -0.39 is 16.1 Å². The lowest BCUT2D eigenvalue weighted by molar-refractivity contribution is 0.172. The van der Waals surface area contributed by atoms with Crippen LogP contribution in [0.1, 0.15) is 11.7 Å². The Balaban J connectivity index is 0.00000306. The standard InChI is InChI=1S/C23H25N3O5S.ClH/c1-32(29,30)26-16-4-2-3-15(11-16)23(28)14-24-9-10-31-18-6-7-19-20-12-17(27)5-8-21(20)25-22(19)13-18;/h2-8,11-13,23-28H,9-10,14H2,1H3;1H/t23-;/m0./s1. The minimum Gasteiger partial charge on any atom is -0.508 e. The van der Waals surface area contributed by atoms with Crippen molar-refractivity contribution in [2.45, 2.75) is 6.10 Å². The van der Waals surface area contributed by atoms with E-state index in [9.17, 15) is 18.6 Å². The highest BCUT2D eigenvalue weighted by molar-refractivity contribution is 7.92. The monoisotopic (exact) mass is 491 g/mol. The van der Waals surface area contributed by atoms with Gasteiger partial charge in [0.2, 0.25) is 10.0 Å². The molecule has 5 N–H and O–H groups in total. The number of aliphatic hydroxyl groups is 1. The zero-order valence-corrected chi connectivity index (χ0v) is 19.5. The summed E-state index contributed by atoms with van der Waals surface area (Å²) in [6.45, 7) is 1.24. The number of hydrogen-bond acceptors (Lipinski definition) is 6. The molecule has 33 heavy (non-hydrogen) atoms. The van der Waals surface area contributed by atoms with Gasteiger partial charge in [-0.3, -0.25) is 4.72 Å².